The van der Waals surface area contributed by atoms with E-state index in [1.54, 1.807) is 20.8 Å². The van der Waals surface area contributed by atoms with Gasteiger partial charge in [0.2, 0.25) is 0 Å². The zero-order valence-electron chi connectivity index (χ0n) is 23.9. The van der Waals surface area contributed by atoms with E-state index in [2.05, 4.69) is 0 Å². The Hall–Kier alpha value is -2.80. The van der Waals surface area contributed by atoms with Gasteiger partial charge in [-0.3, -0.25) is 14.4 Å². The van der Waals surface area contributed by atoms with E-state index in [0.717, 1.165) is 13.8 Å². The number of rotatable bonds is 5. The lowest BCUT2D eigenvalue weighted by Crippen LogP contribution is -2.73. The third-order valence-electron chi connectivity index (χ3n) is 8.49. The molecule has 10 atom stereocenters. The van der Waals surface area contributed by atoms with Crippen LogP contribution in [-0.4, -0.2) is 91.6 Å². The summed E-state index contributed by atoms with van der Waals surface area (Å²) in [5, 5.41) is 46.3. The number of carbonyl (C=O) groups is 4. The maximum absolute atomic E-state index is 12.9. The molecule has 4 N–H and O–H groups in total. The zero-order valence-corrected chi connectivity index (χ0v) is 23.9. The van der Waals surface area contributed by atoms with Crippen molar-refractivity contribution in [2.24, 2.45) is 11.3 Å². The van der Waals surface area contributed by atoms with Gasteiger partial charge in [0.05, 0.1) is 5.60 Å². The lowest BCUT2D eigenvalue weighted by atomic mass is 9.54. The number of hydrogen-bond acceptors (Lipinski definition) is 12. The molecule has 0 bridgehead atoms. The van der Waals surface area contributed by atoms with E-state index in [4.69, 9.17) is 18.9 Å². The first-order chi connectivity index (χ1) is 18.3. The van der Waals surface area contributed by atoms with E-state index < -0.39 is 82.5 Å². The maximum atomic E-state index is 12.9. The van der Waals surface area contributed by atoms with Crippen LogP contribution in [0.4, 0.5) is 0 Å². The number of fused-ring (bicyclic) bond motifs is 2. The standard InChI is InChI=1S/C28H40O12/c1-8-9-21(32)39-17-13-19(37-15(3)29)25(5)11-10-18(31)26(6,34)22(25)23(38-16(4)30)28(36)20(12-14(17)2)40-24(33)27(28,7)35/h10-12,17-20,22-23,31,34-36H,8-9,13H2,1-7H3/b14-12-/t17?,18-,19+,20+,22-,23?,25-,26-,27-,28+/m1/s1. The highest BCUT2D eigenvalue weighted by molar-refractivity contribution is 5.84. The number of ether oxygens (including phenoxy) is 4. The van der Waals surface area contributed by atoms with Crippen LogP contribution in [0, 0.1) is 11.3 Å². The molecule has 1 aliphatic heterocycles. The molecule has 3 aliphatic rings. The Morgan fingerprint density at radius 2 is 1.65 bits per heavy atom. The first-order valence-corrected chi connectivity index (χ1v) is 13.3. The van der Waals surface area contributed by atoms with Crippen molar-refractivity contribution in [3.8, 4) is 0 Å². The van der Waals surface area contributed by atoms with Gasteiger partial charge < -0.3 is 39.4 Å². The lowest BCUT2D eigenvalue weighted by Gasteiger charge is -2.57. The molecule has 224 valence electrons. The fraction of sp³-hybridized carbons (Fsp3) is 0.714. The highest BCUT2D eigenvalue weighted by atomic mass is 16.6. The van der Waals surface area contributed by atoms with Gasteiger partial charge in [0.15, 0.2) is 17.3 Å². The summed E-state index contributed by atoms with van der Waals surface area (Å²) in [6.45, 7) is 9.33. The Bertz CT molecular complexity index is 1110. The molecule has 0 aromatic carbocycles. The maximum Gasteiger partial charge on any atom is 0.341 e. The molecule has 40 heavy (non-hydrogen) atoms. The molecule has 2 unspecified atom stereocenters. The predicted octanol–water partition coefficient (Wildman–Crippen LogP) is 0.623. The minimum Gasteiger partial charge on any atom is -0.461 e. The number of aliphatic hydroxyl groups is 4. The van der Waals surface area contributed by atoms with E-state index in [-0.39, 0.29) is 12.8 Å². The molecule has 2 aliphatic carbocycles. The first-order valence-electron chi connectivity index (χ1n) is 13.3. The van der Waals surface area contributed by atoms with Crippen LogP contribution in [0.2, 0.25) is 0 Å². The van der Waals surface area contributed by atoms with Crippen molar-refractivity contribution in [3.63, 3.8) is 0 Å². The van der Waals surface area contributed by atoms with Gasteiger partial charge in [0, 0.05) is 38.0 Å². The van der Waals surface area contributed by atoms with Crippen molar-refractivity contribution in [1.29, 1.82) is 0 Å². The molecule has 12 heteroatoms. The summed E-state index contributed by atoms with van der Waals surface area (Å²) in [6.07, 6.45) is -2.87. The monoisotopic (exact) mass is 568 g/mol. The SMILES string of the molecule is CCCC(=O)OC1C[C@H](OC(C)=O)[C@@]2(C)C=C[C@@H](O)[C@@](C)(O)[C@@H]2C(OC(C)=O)[C@@]2(O)[C@H](/C=C\1C)OC(=O)[C@@]2(C)O. The number of esters is 4. The molecule has 0 radical (unpaired) electrons. The smallest absolute Gasteiger partial charge is 0.341 e. The lowest BCUT2D eigenvalue weighted by molar-refractivity contribution is -0.258. The summed E-state index contributed by atoms with van der Waals surface area (Å²) in [7, 11) is 0. The fourth-order valence-corrected chi connectivity index (χ4v) is 6.22. The van der Waals surface area contributed by atoms with Gasteiger partial charge in [-0.15, -0.1) is 0 Å². The molecule has 1 saturated heterocycles. The molecule has 0 amide bonds. The molecule has 0 saturated carbocycles. The van der Waals surface area contributed by atoms with Crippen molar-refractivity contribution in [3.05, 3.63) is 23.8 Å². The molecule has 0 aromatic heterocycles. The van der Waals surface area contributed by atoms with E-state index in [1.807, 2.05) is 0 Å². The highest BCUT2D eigenvalue weighted by Crippen LogP contribution is 2.55. The van der Waals surface area contributed by atoms with Gasteiger partial charge in [-0.1, -0.05) is 26.0 Å². The summed E-state index contributed by atoms with van der Waals surface area (Å²) in [4.78, 5) is 50.3. The van der Waals surface area contributed by atoms with Crippen LogP contribution in [0.3, 0.4) is 0 Å². The van der Waals surface area contributed by atoms with Gasteiger partial charge in [-0.2, -0.15) is 0 Å². The normalized spacial score (nSPS) is 44.3. The van der Waals surface area contributed by atoms with Gasteiger partial charge in [0.25, 0.3) is 0 Å². The van der Waals surface area contributed by atoms with Crippen LogP contribution in [0.25, 0.3) is 0 Å². The summed E-state index contributed by atoms with van der Waals surface area (Å²) in [5.74, 6) is -4.94. The average Bonchev–Trinajstić information content (AvgIpc) is 2.99. The molecule has 0 spiro atoms. The molecule has 12 nitrogen and oxygen atoms in total. The van der Waals surface area contributed by atoms with E-state index >= 15 is 0 Å². The third-order valence-corrected chi connectivity index (χ3v) is 8.49. The molecule has 3 rings (SSSR count). The highest BCUT2D eigenvalue weighted by Gasteiger charge is 2.74. The van der Waals surface area contributed by atoms with Crippen LogP contribution in [0.15, 0.2) is 23.8 Å². The van der Waals surface area contributed by atoms with E-state index in [1.165, 1.54) is 32.1 Å². The summed E-state index contributed by atoms with van der Waals surface area (Å²) >= 11 is 0. The third kappa shape index (κ3) is 5.17. The van der Waals surface area contributed by atoms with E-state index in [0.29, 0.717) is 12.0 Å². The number of carbonyl (C=O) groups excluding carboxylic acids is 4. The quantitative estimate of drug-likeness (QED) is 0.206. The predicted molar refractivity (Wildman–Crippen MR) is 137 cm³/mol. The Morgan fingerprint density at radius 1 is 1.05 bits per heavy atom. The Morgan fingerprint density at radius 3 is 2.20 bits per heavy atom. The van der Waals surface area contributed by atoms with Gasteiger partial charge in [-0.05, 0) is 38.8 Å². The Kier molecular flexibility index (Phi) is 8.63. The summed E-state index contributed by atoms with van der Waals surface area (Å²) in [5.41, 5.74) is -8.83. The second-order valence-electron chi connectivity index (χ2n) is 11.6. The molecule has 1 heterocycles. The Balaban J connectivity index is 2.42. The van der Waals surface area contributed by atoms with Gasteiger partial charge in [-0.25, -0.2) is 4.79 Å². The van der Waals surface area contributed by atoms with Crippen molar-refractivity contribution in [1.82, 2.24) is 0 Å². The van der Waals surface area contributed by atoms with Gasteiger partial charge >= 0.3 is 23.9 Å². The van der Waals surface area contributed by atoms with Gasteiger partial charge in [0.1, 0.15) is 24.4 Å². The molecule has 0 aromatic rings. The molecule has 1 fully saturated rings. The van der Waals surface area contributed by atoms with Crippen LogP contribution in [0.1, 0.15) is 67.7 Å². The topological polar surface area (TPSA) is 186 Å². The Labute approximate surface area is 232 Å². The summed E-state index contributed by atoms with van der Waals surface area (Å²) < 4.78 is 22.5. The van der Waals surface area contributed by atoms with Crippen molar-refractivity contribution >= 4 is 23.9 Å². The molecular formula is C28H40O12. The van der Waals surface area contributed by atoms with Crippen LogP contribution >= 0.6 is 0 Å². The average molecular weight is 569 g/mol. The molecular weight excluding hydrogens is 528 g/mol. The zero-order chi connectivity index (χ0) is 30.4. The minimum atomic E-state index is -2.73. The second-order valence-corrected chi connectivity index (χ2v) is 11.6. The van der Waals surface area contributed by atoms with Crippen LogP contribution in [-0.2, 0) is 38.1 Å². The van der Waals surface area contributed by atoms with E-state index in [9.17, 15) is 39.6 Å². The summed E-state index contributed by atoms with van der Waals surface area (Å²) in [6, 6.07) is 0. The largest absolute Gasteiger partial charge is 0.461 e. The fourth-order valence-electron chi connectivity index (χ4n) is 6.22. The number of hydrogen-bond donors (Lipinski definition) is 4. The van der Waals surface area contributed by atoms with Crippen molar-refractivity contribution in [2.45, 2.75) is 115 Å². The van der Waals surface area contributed by atoms with Crippen molar-refractivity contribution in [2.75, 3.05) is 0 Å². The minimum absolute atomic E-state index is 0.0916. The van der Waals surface area contributed by atoms with Crippen LogP contribution in [0.5, 0.6) is 0 Å². The first kappa shape index (κ1) is 31.7. The number of aliphatic hydroxyl groups excluding tert-OH is 1. The van der Waals surface area contributed by atoms with Crippen molar-refractivity contribution < 1.29 is 58.6 Å². The second kappa shape index (κ2) is 10.9. The van der Waals surface area contributed by atoms with Crippen LogP contribution < -0.4 is 0 Å².